The predicted molar refractivity (Wildman–Crippen MR) is 65.1 cm³/mol. The first kappa shape index (κ1) is 13.6. The van der Waals surface area contributed by atoms with Crippen molar-refractivity contribution in [2.45, 2.75) is 20.3 Å². The fourth-order valence-corrected chi connectivity index (χ4v) is 1.10. The molecule has 15 heavy (non-hydrogen) atoms. The van der Waals surface area contributed by atoms with Gasteiger partial charge in [-0.15, -0.1) is 0 Å². The zero-order chi connectivity index (χ0) is 11.7. The molecule has 1 aromatic carbocycles. The van der Waals surface area contributed by atoms with Crippen LogP contribution in [0.25, 0.3) is 0 Å². The Morgan fingerprint density at radius 2 is 1.47 bits per heavy atom. The van der Waals surface area contributed by atoms with Crippen LogP contribution in [-0.2, 0) is 0 Å². The highest BCUT2D eigenvalue weighted by molar-refractivity contribution is 5.65. The van der Waals surface area contributed by atoms with Gasteiger partial charge in [-0.3, -0.25) is 0 Å². The van der Waals surface area contributed by atoms with Crippen LogP contribution in [0.4, 0.5) is 5.69 Å². The quantitative estimate of drug-likeness (QED) is 0.833. The van der Waals surface area contributed by atoms with Crippen LogP contribution in [0.15, 0.2) is 18.2 Å². The third-order valence-corrected chi connectivity index (χ3v) is 1.68. The predicted octanol–water partition coefficient (Wildman–Crippen LogP) is 3.16. The van der Waals surface area contributed by atoms with E-state index in [2.05, 4.69) is 19.2 Å². The summed E-state index contributed by atoms with van der Waals surface area (Å²) in [4.78, 5) is 0. The molecular weight excluding hydrogens is 190 g/mol. The molecule has 0 radical (unpaired) electrons. The Hall–Kier alpha value is -1.38. The van der Waals surface area contributed by atoms with Crippen molar-refractivity contribution in [1.82, 2.24) is 0 Å². The van der Waals surface area contributed by atoms with Crippen molar-refractivity contribution >= 4 is 5.69 Å². The van der Waals surface area contributed by atoms with Crippen LogP contribution in [0.3, 0.4) is 0 Å². The fourth-order valence-electron chi connectivity index (χ4n) is 1.10. The third-order valence-electron chi connectivity index (χ3n) is 1.68. The van der Waals surface area contributed by atoms with E-state index in [1.165, 1.54) is 6.42 Å². The summed E-state index contributed by atoms with van der Waals surface area (Å²) >= 11 is 0. The van der Waals surface area contributed by atoms with Crippen LogP contribution in [0.1, 0.15) is 20.3 Å². The molecule has 0 saturated heterocycles. The topological polar surface area (TPSA) is 30.5 Å². The average Bonchev–Trinajstić information content (AvgIpc) is 2.28. The Balaban J connectivity index is 0.000000583. The van der Waals surface area contributed by atoms with Crippen LogP contribution in [0, 0.1) is 0 Å². The van der Waals surface area contributed by atoms with E-state index in [0.717, 1.165) is 17.2 Å². The molecule has 0 amide bonds. The van der Waals surface area contributed by atoms with Gasteiger partial charge < -0.3 is 14.8 Å². The van der Waals surface area contributed by atoms with Crippen molar-refractivity contribution in [3.05, 3.63) is 18.2 Å². The third kappa shape index (κ3) is 4.11. The van der Waals surface area contributed by atoms with Crippen molar-refractivity contribution in [3.63, 3.8) is 0 Å². The maximum absolute atomic E-state index is 5.14. The van der Waals surface area contributed by atoms with E-state index < -0.39 is 0 Å². The van der Waals surface area contributed by atoms with Gasteiger partial charge in [0.15, 0.2) is 0 Å². The SMILES string of the molecule is CCC.CNc1c(OC)cccc1OC. The first-order valence-electron chi connectivity index (χ1n) is 5.13. The summed E-state index contributed by atoms with van der Waals surface area (Å²) in [6.07, 6.45) is 1.25. The van der Waals surface area contributed by atoms with E-state index >= 15 is 0 Å². The Kier molecular flexibility index (Phi) is 7.24. The number of ether oxygens (including phenoxy) is 2. The molecule has 0 aromatic heterocycles. The van der Waals surface area contributed by atoms with Gasteiger partial charge in [0, 0.05) is 7.05 Å². The molecule has 0 aliphatic carbocycles. The number of nitrogens with one attached hydrogen (secondary N) is 1. The molecule has 0 atom stereocenters. The van der Waals surface area contributed by atoms with Gasteiger partial charge in [-0.25, -0.2) is 0 Å². The number of rotatable bonds is 3. The Bertz CT molecular complexity index is 252. The fraction of sp³-hybridized carbons (Fsp3) is 0.500. The normalized spacial score (nSPS) is 8.60. The van der Waals surface area contributed by atoms with Crippen molar-refractivity contribution in [2.24, 2.45) is 0 Å². The van der Waals surface area contributed by atoms with Crippen LogP contribution >= 0.6 is 0 Å². The minimum absolute atomic E-state index is 0.789. The molecule has 1 N–H and O–H groups in total. The molecule has 0 aliphatic rings. The molecule has 0 spiro atoms. The Morgan fingerprint density at radius 1 is 1.07 bits per heavy atom. The highest BCUT2D eigenvalue weighted by atomic mass is 16.5. The monoisotopic (exact) mass is 211 g/mol. The van der Waals surface area contributed by atoms with Crippen molar-refractivity contribution < 1.29 is 9.47 Å². The zero-order valence-corrected chi connectivity index (χ0v) is 10.3. The van der Waals surface area contributed by atoms with Crippen LogP contribution in [0.5, 0.6) is 11.5 Å². The van der Waals surface area contributed by atoms with Crippen LogP contribution < -0.4 is 14.8 Å². The molecular formula is C12H21NO2. The Labute approximate surface area is 92.4 Å². The van der Waals surface area contributed by atoms with Crippen LogP contribution in [0.2, 0.25) is 0 Å². The number of benzene rings is 1. The number of methoxy groups -OCH3 is 2. The highest BCUT2D eigenvalue weighted by Crippen LogP contribution is 2.33. The van der Waals surface area contributed by atoms with Crippen LogP contribution in [-0.4, -0.2) is 21.3 Å². The standard InChI is InChI=1S/C9H13NO2.C3H8/c1-10-9-7(11-2)5-4-6-8(9)12-3;1-3-2/h4-6,10H,1-3H3;3H2,1-2H3. The maximum Gasteiger partial charge on any atom is 0.145 e. The van der Waals surface area contributed by atoms with Gasteiger partial charge >= 0.3 is 0 Å². The summed E-state index contributed by atoms with van der Waals surface area (Å²) < 4.78 is 10.3. The van der Waals surface area contributed by atoms with Crippen molar-refractivity contribution in [3.8, 4) is 11.5 Å². The van der Waals surface area contributed by atoms with E-state index in [-0.39, 0.29) is 0 Å². The van der Waals surface area contributed by atoms with Gasteiger partial charge in [-0.1, -0.05) is 26.3 Å². The number of para-hydroxylation sites is 1. The van der Waals surface area contributed by atoms with Crippen molar-refractivity contribution in [1.29, 1.82) is 0 Å². The largest absolute Gasteiger partial charge is 0.494 e. The zero-order valence-electron chi connectivity index (χ0n) is 10.3. The summed E-state index contributed by atoms with van der Waals surface area (Å²) in [6.45, 7) is 4.25. The van der Waals surface area contributed by atoms with Gasteiger partial charge in [0.25, 0.3) is 0 Å². The van der Waals surface area contributed by atoms with Crippen molar-refractivity contribution in [2.75, 3.05) is 26.6 Å². The smallest absolute Gasteiger partial charge is 0.145 e. The van der Waals surface area contributed by atoms with Gasteiger partial charge in [-0.2, -0.15) is 0 Å². The number of anilines is 1. The first-order chi connectivity index (χ1) is 7.24. The lowest BCUT2D eigenvalue weighted by Crippen LogP contribution is -1.96. The maximum atomic E-state index is 5.14. The molecule has 1 aromatic rings. The minimum Gasteiger partial charge on any atom is -0.494 e. The first-order valence-corrected chi connectivity index (χ1v) is 5.13. The molecule has 0 heterocycles. The lowest BCUT2D eigenvalue weighted by Gasteiger charge is -2.11. The number of hydrogen-bond acceptors (Lipinski definition) is 3. The van der Waals surface area contributed by atoms with E-state index in [9.17, 15) is 0 Å². The summed E-state index contributed by atoms with van der Waals surface area (Å²) in [7, 11) is 5.10. The van der Waals surface area contributed by atoms with E-state index in [4.69, 9.17) is 9.47 Å². The molecule has 0 bridgehead atoms. The van der Waals surface area contributed by atoms with E-state index in [0.29, 0.717) is 0 Å². The summed E-state index contributed by atoms with van der Waals surface area (Å²) in [5, 5.41) is 3.02. The van der Waals surface area contributed by atoms with Gasteiger partial charge in [0.2, 0.25) is 0 Å². The van der Waals surface area contributed by atoms with Gasteiger partial charge in [0.1, 0.15) is 17.2 Å². The summed E-state index contributed by atoms with van der Waals surface area (Å²) in [6, 6.07) is 5.65. The molecule has 3 nitrogen and oxygen atoms in total. The highest BCUT2D eigenvalue weighted by Gasteiger charge is 2.05. The second kappa shape index (κ2) is 7.97. The minimum atomic E-state index is 0.789. The Morgan fingerprint density at radius 3 is 1.73 bits per heavy atom. The molecule has 1 rings (SSSR count). The van der Waals surface area contributed by atoms with Gasteiger partial charge in [-0.05, 0) is 12.1 Å². The van der Waals surface area contributed by atoms with E-state index in [1.54, 1.807) is 14.2 Å². The molecule has 0 saturated carbocycles. The molecule has 0 aliphatic heterocycles. The molecule has 86 valence electrons. The molecule has 0 fully saturated rings. The lowest BCUT2D eigenvalue weighted by molar-refractivity contribution is 0.398. The van der Waals surface area contributed by atoms with Gasteiger partial charge in [0.05, 0.1) is 14.2 Å². The number of hydrogen-bond donors (Lipinski definition) is 1. The summed E-state index contributed by atoms with van der Waals surface area (Å²) in [5.41, 5.74) is 0.877. The average molecular weight is 211 g/mol. The lowest BCUT2D eigenvalue weighted by atomic mass is 10.2. The second-order valence-corrected chi connectivity index (χ2v) is 2.99. The van der Waals surface area contributed by atoms with E-state index in [1.807, 2.05) is 25.2 Å². The molecule has 0 unspecified atom stereocenters. The molecule has 3 heteroatoms. The second-order valence-electron chi connectivity index (χ2n) is 2.99. The summed E-state index contributed by atoms with van der Waals surface area (Å²) in [5.74, 6) is 1.58.